The van der Waals surface area contributed by atoms with Crippen molar-refractivity contribution >= 4 is 5.69 Å². The number of alkyl halides is 3. The Kier molecular flexibility index (Phi) is 4.49. The lowest BCUT2D eigenvalue weighted by molar-refractivity contribution is -0.141. The maximum absolute atomic E-state index is 12.6. The van der Waals surface area contributed by atoms with E-state index in [0.717, 1.165) is 10.7 Å². The van der Waals surface area contributed by atoms with Crippen LogP contribution in [0.2, 0.25) is 0 Å². The minimum atomic E-state index is -4.50. The van der Waals surface area contributed by atoms with E-state index in [-0.39, 0.29) is 6.54 Å². The third kappa shape index (κ3) is 3.73. The predicted octanol–water partition coefficient (Wildman–Crippen LogP) is 1.66. The molecule has 0 saturated heterocycles. The summed E-state index contributed by atoms with van der Waals surface area (Å²) in [6.45, 7) is -0.337. The van der Waals surface area contributed by atoms with E-state index in [2.05, 4.69) is 10.4 Å². The Labute approximate surface area is 118 Å². The molecule has 1 atom stereocenters. The maximum Gasteiger partial charge on any atom is 0.435 e. The Bertz CT molecular complexity index is 598. The van der Waals surface area contributed by atoms with E-state index < -0.39 is 24.6 Å². The Hall–Kier alpha value is -2.06. The van der Waals surface area contributed by atoms with Crippen LogP contribution in [0.4, 0.5) is 18.9 Å². The smallest absolute Gasteiger partial charge is 0.394 e. The molecule has 0 radical (unpaired) electrons. The van der Waals surface area contributed by atoms with Gasteiger partial charge in [0, 0.05) is 12.7 Å². The lowest BCUT2D eigenvalue weighted by atomic mass is 10.2. The van der Waals surface area contributed by atoms with Gasteiger partial charge in [-0.3, -0.25) is 0 Å². The summed E-state index contributed by atoms with van der Waals surface area (Å²) >= 11 is 0. The van der Waals surface area contributed by atoms with Gasteiger partial charge in [-0.1, -0.05) is 12.1 Å². The first kappa shape index (κ1) is 15.3. The molecule has 8 heteroatoms. The normalized spacial score (nSPS) is 13.2. The average molecular weight is 301 g/mol. The highest BCUT2D eigenvalue weighted by molar-refractivity contribution is 5.60. The lowest BCUT2D eigenvalue weighted by Gasteiger charge is -2.14. The summed E-state index contributed by atoms with van der Waals surface area (Å²) in [5, 5.41) is 24.4. The van der Waals surface area contributed by atoms with Crippen molar-refractivity contribution in [2.45, 2.75) is 12.3 Å². The first-order chi connectivity index (χ1) is 9.91. The van der Waals surface area contributed by atoms with E-state index in [1.165, 1.54) is 6.20 Å². The van der Waals surface area contributed by atoms with Crippen LogP contribution in [0.25, 0.3) is 5.69 Å². The zero-order valence-electron chi connectivity index (χ0n) is 10.9. The summed E-state index contributed by atoms with van der Waals surface area (Å²) in [6.07, 6.45) is -4.24. The SMILES string of the molecule is OCC(O)CNc1ccccc1-n1ccc(C(F)(F)F)n1. The van der Waals surface area contributed by atoms with Gasteiger partial charge in [0.05, 0.1) is 24.1 Å². The number of anilines is 1. The molecule has 1 heterocycles. The van der Waals surface area contributed by atoms with Crippen molar-refractivity contribution in [3.05, 3.63) is 42.2 Å². The standard InChI is InChI=1S/C13H14F3N3O2/c14-13(15,16)12-5-6-19(18-12)11-4-2-1-3-10(11)17-7-9(21)8-20/h1-6,9,17,20-21H,7-8H2. The van der Waals surface area contributed by atoms with Crippen LogP contribution in [-0.4, -0.2) is 39.2 Å². The number of aromatic nitrogens is 2. The number of benzene rings is 1. The van der Waals surface area contributed by atoms with Gasteiger partial charge in [-0.15, -0.1) is 0 Å². The summed E-state index contributed by atoms with van der Waals surface area (Å²) in [6, 6.07) is 7.50. The quantitative estimate of drug-likeness (QED) is 0.785. The number of halogens is 3. The minimum Gasteiger partial charge on any atom is -0.394 e. The van der Waals surface area contributed by atoms with Gasteiger partial charge in [0.15, 0.2) is 5.69 Å². The van der Waals surface area contributed by atoms with E-state index >= 15 is 0 Å². The molecule has 1 aromatic heterocycles. The van der Waals surface area contributed by atoms with Crippen molar-refractivity contribution < 1.29 is 23.4 Å². The fraction of sp³-hybridized carbons (Fsp3) is 0.308. The monoisotopic (exact) mass is 301 g/mol. The molecule has 0 aliphatic carbocycles. The van der Waals surface area contributed by atoms with Gasteiger partial charge < -0.3 is 15.5 Å². The predicted molar refractivity (Wildman–Crippen MR) is 70.1 cm³/mol. The Morgan fingerprint density at radius 2 is 1.95 bits per heavy atom. The van der Waals surface area contributed by atoms with Crippen molar-refractivity contribution in [2.24, 2.45) is 0 Å². The van der Waals surface area contributed by atoms with Gasteiger partial charge >= 0.3 is 6.18 Å². The zero-order chi connectivity index (χ0) is 15.5. The van der Waals surface area contributed by atoms with E-state index in [0.29, 0.717) is 11.4 Å². The molecule has 0 aliphatic rings. The molecule has 0 saturated carbocycles. The number of rotatable bonds is 5. The van der Waals surface area contributed by atoms with Crippen molar-refractivity contribution in [2.75, 3.05) is 18.5 Å². The largest absolute Gasteiger partial charge is 0.435 e. The molecule has 2 rings (SSSR count). The Balaban J connectivity index is 2.25. The molecule has 0 fully saturated rings. The second-order valence-electron chi connectivity index (χ2n) is 4.38. The van der Waals surface area contributed by atoms with Crippen molar-refractivity contribution in [3.8, 4) is 5.69 Å². The van der Waals surface area contributed by atoms with Crippen LogP contribution >= 0.6 is 0 Å². The summed E-state index contributed by atoms with van der Waals surface area (Å²) < 4.78 is 38.8. The minimum absolute atomic E-state index is 0.0703. The number of para-hydroxylation sites is 2. The molecule has 5 nitrogen and oxygen atoms in total. The van der Waals surface area contributed by atoms with Gasteiger partial charge in [-0.05, 0) is 18.2 Å². The number of nitrogens with zero attached hydrogens (tertiary/aromatic N) is 2. The van der Waals surface area contributed by atoms with E-state index in [4.69, 9.17) is 5.11 Å². The van der Waals surface area contributed by atoms with Gasteiger partial charge in [0.1, 0.15) is 0 Å². The van der Waals surface area contributed by atoms with Crippen molar-refractivity contribution in [3.63, 3.8) is 0 Å². The van der Waals surface area contributed by atoms with Crippen LogP contribution in [0.1, 0.15) is 5.69 Å². The van der Waals surface area contributed by atoms with Crippen LogP contribution in [0.5, 0.6) is 0 Å². The zero-order valence-corrected chi connectivity index (χ0v) is 10.9. The number of hydrogen-bond donors (Lipinski definition) is 3. The van der Waals surface area contributed by atoms with Crippen molar-refractivity contribution in [1.82, 2.24) is 9.78 Å². The van der Waals surface area contributed by atoms with E-state index in [1.54, 1.807) is 24.3 Å². The summed E-state index contributed by atoms with van der Waals surface area (Å²) in [7, 11) is 0. The molecule has 1 aromatic carbocycles. The highest BCUT2D eigenvalue weighted by Crippen LogP contribution is 2.28. The Morgan fingerprint density at radius 1 is 1.24 bits per heavy atom. The third-order valence-electron chi connectivity index (χ3n) is 2.77. The number of hydrogen-bond acceptors (Lipinski definition) is 4. The van der Waals surface area contributed by atoms with Gasteiger partial charge in [-0.2, -0.15) is 18.3 Å². The van der Waals surface area contributed by atoms with Crippen LogP contribution in [-0.2, 0) is 6.18 Å². The molecule has 0 bridgehead atoms. The number of aliphatic hydroxyl groups is 2. The summed E-state index contributed by atoms with van der Waals surface area (Å²) in [4.78, 5) is 0. The third-order valence-corrected chi connectivity index (χ3v) is 2.77. The second-order valence-corrected chi connectivity index (χ2v) is 4.38. The van der Waals surface area contributed by atoms with Crippen molar-refractivity contribution in [1.29, 1.82) is 0 Å². The van der Waals surface area contributed by atoms with E-state index in [1.807, 2.05) is 0 Å². The van der Waals surface area contributed by atoms with Crippen LogP contribution in [0, 0.1) is 0 Å². The first-order valence-electron chi connectivity index (χ1n) is 6.17. The molecule has 2 aromatic rings. The van der Waals surface area contributed by atoms with Gasteiger partial charge in [0.2, 0.25) is 0 Å². The van der Waals surface area contributed by atoms with Gasteiger partial charge in [0.25, 0.3) is 0 Å². The molecule has 114 valence electrons. The molecular formula is C13H14F3N3O2. The summed E-state index contributed by atoms with van der Waals surface area (Å²) in [5.74, 6) is 0. The average Bonchev–Trinajstić information content (AvgIpc) is 2.94. The van der Waals surface area contributed by atoms with Crippen LogP contribution in [0.15, 0.2) is 36.5 Å². The second kappa shape index (κ2) is 6.15. The molecular weight excluding hydrogens is 287 g/mol. The van der Waals surface area contributed by atoms with Crippen LogP contribution in [0.3, 0.4) is 0 Å². The highest BCUT2D eigenvalue weighted by Gasteiger charge is 2.33. The van der Waals surface area contributed by atoms with Crippen LogP contribution < -0.4 is 5.32 Å². The molecule has 21 heavy (non-hydrogen) atoms. The number of nitrogens with one attached hydrogen (secondary N) is 1. The number of aliphatic hydroxyl groups excluding tert-OH is 2. The molecule has 0 spiro atoms. The fourth-order valence-electron chi connectivity index (χ4n) is 1.72. The molecule has 3 N–H and O–H groups in total. The lowest BCUT2D eigenvalue weighted by Crippen LogP contribution is -2.23. The van der Waals surface area contributed by atoms with E-state index in [9.17, 15) is 18.3 Å². The topological polar surface area (TPSA) is 70.3 Å². The molecule has 0 aliphatic heterocycles. The molecule has 0 amide bonds. The molecule has 1 unspecified atom stereocenters. The summed E-state index contributed by atoms with van der Waals surface area (Å²) in [5.41, 5.74) is -0.0624. The Morgan fingerprint density at radius 3 is 2.57 bits per heavy atom. The highest BCUT2D eigenvalue weighted by atomic mass is 19.4. The van der Waals surface area contributed by atoms with Gasteiger partial charge in [-0.25, -0.2) is 4.68 Å². The first-order valence-corrected chi connectivity index (χ1v) is 6.17. The maximum atomic E-state index is 12.6. The fourth-order valence-corrected chi connectivity index (χ4v) is 1.72.